The van der Waals surface area contributed by atoms with Crippen LogP contribution in [0.2, 0.25) is 0 Å². The third kappa shape index (κ3) is 4.99. The standard InChI is InChI=1S/C9H18O2/c1-3-4-5-6-9(7-10)8(2)11/h5-6,8-11H,3-4,7H2,1-2H3. The highest BCUT2D eigenvalue weighted by Crippen LogP contribution is 2.05. The Morgan fingerprint density at radius 1 is 1.45 bits per heavy atom. The second-order valence-electron chi connectivity index (χ2n) is 2.80. The molecule has 0 aromatic carbocycles. The minimum absolute atomic E-state index is 0.0257. The van der Waals surface area contributed by atoms with E-state index in [1.165, 1.54) is 0 Å². The molecule has 2 atom stereocenters. The molecule has 0 amide bonds. The molecular formula is C9H18O2. The second kappa shape index (κ2) is 6.38. The van der Waals surface area contributed by atoms with Crippen LogP contribution in [0.25, 0.3) is 0 Å². The summed E-state index contributed by atoms with van der Waals surface area (Å²) in [5.74, 6) is -0.0958. The molecule has 0 heterocycles. The molecule has 0 saturated carbocycles. The summed E-state index contributed by atoms with van der Waals surface area (Å²) in [6, 6.07) is 0. The highest BCUT2D eigenvalue weighted by Gasteiger charge is 2.08. The van der Waals surface area contributed by atoms with Gasteiger partial charge in [0.25, 0.3) is 0 Å². The van der Waals surface area contributed by atoms with Gasteiger partial charge >= 0.3 is 0 Å². The summed E-state index contributed by atoms with van der Waals surface area (Å²) in [5, 5.41) is 17.9. The third-order valence-electron chi connectivity index (χ3n) is 1.67. The van der Waals surface area contributed by atoms with E-state index in [9.17, 15) is 0 Å². The van der Waals surface area contributed by atoms with Crippen LogP contribution >= 0.6 is 0 Å². The monoisotopic (exact) mass is 158 g/mol. The maximum atomic E-state index is 9.10. The van der Waals surface area contributed by atoms with Gasteiger partial charge in [-0.25, -0.2) is 0 Å². The predicted molar refractivity (Wildman–Crippen MR) is 46.3 cm³/mol. The normalized spacial score (nSPS) is 17.1. The molecule has 0 aliphatic carbocycles. The van der Waals surface area contributed by atoms with Gasteiger partial charge in [0, 0.05) is 5.92 Å². The Balaban J connectivity index is 3.67. The van der Waals surface area contributed by atoms with E-state index in [-0.39, 0.29) is 12.5 Å². The molecule has 66 valence electrons. The van der Waals surface area contributed by atoms with Crippen LogP contribution in [0, 0.1) is 5.92 Å². The minimum atomic E-state index is -0.451. The molecular weight excluding hydrogens is 140 g/mol. The smallest absolute Gasteiger partial charge is 0.0596 e. The fraction of sp³-hybridized carbons (Fsp3) is 0.778. The van der Waals surface area contributed by atoms with Crippen molar-refractivity contribution in [2.24, 2.45) is 5.92 Å². The summed E-state index contributed by atoms with van der Waals surface area (Å²) < 4.78 is 0. The van der Waals surface area contributed by atoms with Crippen molar-refractivity contribution in [3.8, 4) is 0 Å². The Bertz CT molecular complexity index is 108. The molecule has 0 aliphatic heterocycles. The number of unbranched alkanes of at least 4 members (excludes halogenated alkanes) is 1. The predicted octanol–water partition coefficient (Wildman–Crippen LogP) is 1.33. The number of aliphatic hydroxyl groups is 2. The van der Waals surface area contributed by atoms with Crippen molar-refractivity contribution in [3.63, 3.8) is 0 Å². The third-order valence-corrected chi connectivity index (χ3v) is 1.67. The molecule has 2 nitrogen and oxygen atoms in total. The first-order valence-electron chi connectivity index (χ1n) is 4.18. The second-order valence-corrected chi connectivity index (χ2v) is 2.80. The SMILES string of the molecule is CCCC=CC(CO)C(C)O. The van der Waals surface area contributed by atoms with Crippen LogP contribution in [0.1, 0.15) is 26.7 Å². The Morgan fingerprint density at radius 3 is 2.45 bits per heavy atom. The van der Waals surface area contributed by atoms with Gasteiger partial charge in [-0.15, -0.1) is 0 Å². The van der Waals surface area contributed by atoms with E-state index >= 15 is 0 Å². The molecule has 0 fully saturated rings. The lowest BCUT2D eigenvalue weighted by molar-refractivity contribution is 0.106. The molecule has 0 spiro atoms. The average Bonchev–Trinajstić information content (AvgIpc) is 1.97. The van der Waals surface area contributed by atoms with Gasteiger partial charge in [0.1, 0.15) is 0 Å². The number of hydrogen-bond acceptors (Lipinski definition) is 2. The van der Waals surface area contributed by atoms with Gasteiger partial charge in [0.15, 0.2) is 0 Å². The first-order valence-corrected chi connectivity index (χ1v) is 4.18. The van der Waals surface area contributed by atoms with Gasteiger partial charge < -0.3 is 10.2 Å². The van der Waals surface area contributed by atoms with Crippen LogP contribution in [-0.4, -0.2) is 22.9 Å². The molecule has 0 aromatic rings. The zero-order chi connectivity index (χ0) is 8.69. The highest BCUT2D eigenvalue weighted by molar-refractivity contribution is 4.90. The van der Waals surface area contributed by atoms with Crippen LogP contribution in [0.4, 0.5) is 0 Å². The van der Waals surface area contributed by atoms with Gasteiger partial charge in [-0.1, -0.05) is 25.5 Å². The highest BCUT2D eigenvalue weighted by atomic mass is 16.3. The molecule has 2 unspecified atom stereocenters. The van der Waals surface area contributed by atoms with E-state index in [4.69, 9.17) is 10.2 Å². The van der Waals surface area contributed by atoms with Crippen LogP contribution in [0.5, 0.6) is 0 Å². The maximum Gasteiger partial charge on any atom is 0.0596 e. The molecule has 11 heavy (non-hydrogen) atoms. The van der Waals surface area contributed by atoms with Crippen LogP contribution in [-0.2, 0) is 0 Å². The molecule has 2 heteroatoms. The topological polar surface area (TPSA) is 40.5 Å². The molecule has 0 bridgehead atoms. The van der Waals surface area contributed by atoms with Crippen LogP contribution < -0.4 is 0 Å². The average molecular weight is 158 g/mol. The zero-order valence-corrected chi connectivity index (χ0v) is 7.33. The number of allylic oxidation sites excluding steroid dienone is 1. The molecule has 2 N–H and O–H groups in total. The van der Waals surface area contributed by atoms with E-state index in [1.807, 2.05) is 12.2 Å². The van der Waals surface area contributed by atoms with E-state index in [0.717, 1.165) is 12.8 Å². The molecule has 0 aliphatic rings. The molecule has 0 radical (unpaired) electrons. The lowest BCUT2D eigenvalue weighted by Crippen LogP contribution is -2.17. The fourth-order valence-electron chi connectivity index (χ4n) is 0.812. The summed E-state index contributed by atoms with van der Waals surface area (Å²) >= 11 is 0. The first kappa shape index (κ1) is 10.7. The molecule has 0 saturated heterocycles. The number of aliphatic hydroxyl groups excluding tert-OH is 2. The van der Waals surface area contributed by atoms with E-state index in [0.29, 0.717) is 0 Å². The molecule has 0 aromatic heterocycles. The summed E-state index contributed by atoms with van der Waals surface area (Å²) in [6.45, 7) is 3.82. The largest absolute Gasteiger partial charge is 0.396 e. The van der Waals surface area contributed by atoms with Crippen LogP contribution in [0.15, 0.2) is 12.2 Å². The zero-order valence-electron chi connectivity index (χ0n) is 7.33. The van der Waals surface area contributed by atoms with Crippen molar-refractivity contribution in [3.05, 3.63) is 12.2 Å². The van der Waals surface area contributed by atoms with E-state index < -0.39 is 6.10 Å². The fourth-order valence-corrected chi connectivity index (χ4v) is 0.812. The lowest BCUT2D eigenvalue weighted by atomic mass is 10.0. The van der Waals surface area contributed by atoms with Gasteiger partial charge in [0.2, 0.25) is 0 Å². The Hall–Kier alpha value is -0.340. The van der Waals surface area contributed by atoms with Crippen molar-refractivity contribution >= 4 is 0 Å². The van der Waals surface area contributed by atoms with Crippen molar-refractivity contribution in [2.45, 2.75) is 32.8 Å². The lowest BCUT2D eigenvalue weighted by Gasteiger charge is -2.11. The maximum absolute atomic E-state index is 9.10. The van der Waals surface area contributed by atoms with Crippen molar-refractivity contribution in [1.29, 1.82) is 0 Å². The minimum Gasteiger partial charge on any atom is -0.396 e. The molecule has 0 rings (SSSR count). The van der Waals surface area contributed by atoms with E-state index in [2.05, 4.69) is 6.92 Å². The van der Waals surface area contributed by atoms with Gasteiger partial charge in [-0.05, 0) is 13.3 Å². The van der Waals surface area contributed by atoms with Crippen LogP contribution in [0.3, 0.4) is 0 Å². The van der Waals surface area contributed by atoms with Gasteiger partial charge in [0.05, 0.1) is 12.7 Å². The van der Waals surface area contributed by atoms with Crippen molar-refractivity contribution in [1.82, 2.24) is 0 Å². The summed E-state index contributed by atoms with van der Waals surface area (Å²) in [4.78, 5) is 0. The summed E-state index contributed by atoms with van der Waals surface area (Å²) in [7, 11) is 0. The summed E-state index contributed by atoms with van der Waals surface area (Å²) in [5.41, 5.74) is 0. The van der Waals surface area contributed by atoms with Gasteiger partial charge in [-0.3, -0.25) is 0 Å². The van der Waals surface area contributed by atoms with E-state index in [1.54, 1.807) is 6.92 Å². The first-order chi connectivity index (χ1) is 5.22. The van der Waals surface area contributed by atoms with Crippen molar-refractivity contribution in [2.75, 3.05) is 6.61 Å². The Kier molecular flexibility index (Phi) is 6.18. The Labute approximate surface area is 68.6 Å². The van der Waals surface area contributed by atoms with Gasteiger partial charge in [-0.2, -0.15) is 0 Å². The number of hydrogen-bond donors (Lipinski definition) is 2. The summed E-state index contributed by atoms with van der Waals surface area (Å²) in [6.07, 6.45) is 5.56. The Morgan fingerprint density at radius 2 is 2.09 bits per heavy atom. The quantitative estimate of drug-likeness (QED) is 0.593. The van der Waals surface area contributed by atoms with Crippen molar-refractivity contribution < 1.29 is 10.2 Å². The number of rotatable bonds is 5.